The van der Waals surface area contributed by atoms with Crippen LogP contribution in [0, 0.1) is 0 Å². The molecule has 19 heavy (non-hydrogen) atoms. The summed E-state index contributed by atoms with van der Waals surface area (Å²) in [5.41, 5.74) is 0.642. The minimum absolute atomic E-state index is 0.192. The molecular formula is C11H14ClN5OS. The number of H-pyrrole nitrogens is 1. The molecule has 2 aromatic rings. The predicted molar refractivity (Wildman–Crippen MR) is 73.8 cm³/mol. The molecule has 6 nitrogen and oxygen atoms in total. The maximum absolute atomic E-state index is 11.5. The van der Waals surface area contributed by atoms with Crippen LogP contribution in [0.2, 0.25) is 5.15 Å². The van der Waals surface area contributed by atoms with Crippen LogP contribution in [0.25, 0.3) is 0 Å². The topological polar surface area (TPSA) is 76.5 Å². The summed E-state index contributed by atoms with van der Waals surface area (Å²) in [7, 11) is 0. The van der Waals surface area contributed by atoms with Gasteiger partial charge >= 0.3 is 5.69 Å². The minimum Gasteiger partial charge on any atom is -0.270 e. The summed E-state index contributed by atoms with van der Waals surface area (Å²) < 4.78 is 1.55. The van der Waals surface area contributed by atoms with Gasteiger partial charge in [-0.15, -0.1) is 5.10 Å². The molecule has 0 aromatic carbocycles. The molecule has 8 heteroatoms. The SMILES string of the molecule is CCn1c(Sc2ncnc(Cl)c2C(C)C)n[nH]c1=O. The van der Waals surface area contributed by atoms with Crippen molar-refractivity contribution in [2.24, 2.45) is 0 Å². The Kier molecular flexibility index (Phi) is 4.26. The van der Waals surface area contributed by atoms with E-state index < -0.39 is 0 Å². The van der Waals surface area contributed by atoms with Gasteiger partial charge in [-0.25, -0.2) is 19.9 Å². The summed E-state index contributed by atoms with van der Waals surface area (Å²) in [4.78, 5) is 19.8. The highest BCUT2D eigenvalue weighted by atomic mass is 35.5. The van der Waals surface area contributed by atoms with Gasteiger partial charge in [0.05, 0.1) is 0 Å². The van der Waals surface area contributed by atoms with Crippen LogP contribution in [0.3, 0.4) is 0 Å². The fraction of sp³-hybridized carbons (Fsp3) is 0.455. The summed E-state index contributed by atoms with van der Waals surface area (Å²) in [6.45, 7) is 6.48. The molecule has 0 spiro atoms. The second-order valence-electron chi connectivity index (χ2n) is 4.20. The van der Waals surface area contributed by atoms with Crippen molar-refractivity contribution in [1.82, 2.24) is 24.7 Å². The van der Waals surface area contributed by atoms with Crippen molar-refractivity contribution in [1.29, 1.82) is 0 Å². The molecule has 0 fully saturated rings. The number of rotatable bonds is 4. The molecule has 0 amide bonds. The fourth-order valence-electron chi connectivity index (χ4n) is 1.67. The summed E-state index contributed by atoms with van der Waals surface area (Å²) in [5.74, 6) is 0.192. The molecule has 0 unspecified atom stereocenters. The largest absolute Gasteiger partial charge is 0.343 e. The summed E-state index contributed by atoms with van der Waals surface area (Å²) in [5, 5.41) is 8.17. The van der Waals surface area contributed by atoms with Gasteiger partial charge < -0.3 is 0 Å². The highest BCUT2D eigenvalue weighted by Gasteiger charge is 2.17. The molecule has 2 rings (SSSR count). The Morgan fingerprint density at radius 2 is 2.21 bits per heavy atom. The van der Waals surface area contributed by atoms with E-state index in [1.54, 1.807) is 4.57 Å². The second-order valence-corrected chi connectivity index (χ2v) is 5.51. The van der Waals surface area contributed by atoms with Crippen LogP contribution in [0.4, 0.5) is 0 Å². The first-order chi connectivity index (χ1) is 9.04. The lowest BCUT2D eigenvalue weighted by Crippen LogP contribution is -2.16. The van der Waals surface area contributed by atoms with Gasteiger partial charge in [-0.1, -0.05) is 25.4 Å². The van der Waals surface area contributed by atoms with Crippen LogP contribution in [0.15, 0.2) is 21.3 Å². The molecule has 0 atom stereocenters. The molecule has 0 saturated heterocycles. The molecule has 2 heterocycles. The van der Waals surface area contributed by atoms with E-state index in [-0.39, 0.29) is 11.6 Å². The maximum atomic E-state index is 11.5. The Balaban J connectivity index is 2.44. The van der Waals surface area contributed by atoms with Crippen molar-refractivity contribution in [3.05, 3.63) is 27.5 Å². The molecular weight excluding hydrogens is 286 g/mol. The summed E-state index contributed by atoms with van der Waals surface area (Å²) >= 11 is 7.42. The van der Waals surface area contributed by atoms with Gasteiger partial charge in [0.1, 0.15) is 16.5 Å². The Labute approximate surface area is 119 Å². The van der Waals surface area contributed by atoms with Crippen molar-refractivity contribution in [3.63, 3.8) is 0 Å². The number of aromatic amines is 1. The molecule has 0 aliphatic carbocycles. The second kappa shape index (κ2) is 5.75. The van der Waals surface area contributed by atoms with E-state index in [0.717, 1.165) is 10.6 Å². The van der Waals surface area contributed by atoms with Gasteiger partial charge in [-0.2, -0.15) is 0 Å². The van der Waals surface area contributed by atoms with Gasteiger partial charge in [-0.3, -0.25) is 4.57 Å². The van der Waals surface area contributed by atoms with E-state index in [0.29, 0.717) is 16.9 Å². The summed E-state index contributed by atoms with van der Waals surface area (Å²) in [6.07, 6.45) is 1.41. The highest BCUT2D eigenvalue weighted by Crippen LogP contribution is 2.33. The summed E-state index contributed by atoms with van der Waals surface area (Å²) in [6, 6.07) is 0. The van der Waals surface area contributed by atoms with Crippen molar-refractivity contribution < 1.29 is 0 Å². The van der Waals surface area contributed by atoms with Crippen LogP contribution in [0.1, 0.15) is 32.3 Å². The number of nitrogens with zero attached hydrogens (tertiary/aromatic N) is 4. The zero-order chi connectivity index (χ0) is 14.0. The third-order valence-corrected chi connectivity index (χ3v) is 3.92. The van der Waals surface area contributed by atoms with Crippen molar-refractivity contribution in [2.75, 3.05) is 0 Å². The van der Waals surface area contributed by atoms with Crippen LogP contribution in [-0.4, -0.2) is 24.7 Å². The fourth-order valence-corrected chi connectivity index (χ4v) is 3.21. The number of hydrogen-bond acceptors (Lipinski definition) is 5. The van der Waals surface area contributed by atoms with Crippen LogP contribution in [0.5, 0.6) is 0 Å². The van der Waals surface area contributed by atoms with Crippen molar-refractivity contribution in [2.45, 2.75) is 43.4 Å². The Morgan fingerprint density at radius 1 is 1.47 bits per heavy atom. The molecule has 0 aliphatic heterocycles. The molecule has 0 bridgehead atoms. The van der Waals surface area contributed by atoms with E-state index in [1.165, 1.54) is 18.1 Å². The zero-order valence-corrected chi connectivity index (χ0v) is 12.4. The Bertz CT molecular complexity index is 636. The molecule has 0 aliphatic rings. The van der Waals surface area contributed by atoms with Gasteiger partial charge in [0.15, 0.2) is 5.16 Å². The lowest BCUT2D eigenvalue weighted by Gasteiger charge is -2.11. The predicted octanol–water partition coefficient (Wildman–Crippen LogP) is 2.31. The van der Waals surface area contributed by atoms with E-state index in [1.807, 2.05) is 20.8 Å². The monoisotopic (exact) mass is 299 g/mol. The lowest BCUT2D eigenvalue weighted by atomic mass is 10.1. The molecule has 0 radical (unpaired) electrons. The molecule has 102 valence electrons. The van der Waals surface area contributed by atoms with Crippen LogP contribution in [-0.2, 0) is 6.54 Å². The van der Waals surface area contributed by atoms with E-state index in [9.17, 15) is 4.79 Å². The normalized spacial score (nSPS) is 11.2. The van der Waals surface area contributed by atoms with Crippen molar-refractivity contribution >= 4 is 23.4 Å². The van der Waals surface area contributed by atoms with Gasteiger partial charge in [-0.05, 0) is 24.6 Å². The quantitative estimate of drug-likeness (QED) is 0.877. The first-order valence-electron chi connectivity index (χ1n) is 5.88. The highest BCUT2D eigenvalue weighted by molar-refractivity contribution is 7.99. The average Bonchev–Trinajstić information content (AvgIpc) is 2.69. The zero-order valence-electron chi connectivity index (χ0n) is 10.8. The number of nitrogens with one attached hydrogen (secondary N) is 1. The van der Waals surface area contributed by atoms with E-state index in [2.05, 4.69) is 20.2 Å². The smallest absolute Gasteiger partial charge is 0.270 e. The third-order valence-electron chi connectivity index (χ3n) is 2.60. The molecule has 0 saturated carbocycles. The average molecular weight is 300 g/mol. The van der Waals surface area contributed by atoms with Crippen LogP contribution >= 0.6 is 23.4 Å². The Morgan fingerprint density at radius 3 is 2.84 bits per heavy atom. The number of hydrogen-bond donors (Lipinski definition) is 1. The first kappa shape index (κ1) is 14.1. The maximum Gasteiger partial charge on any atom is 0.343 e. The van der Waals surface area contributed by atoms with Crippen molar-refractivity contribution in [3.8, 4) is 0 Å². The number of halogens is 1. The minimum atomic E-state index is -0.226. The standard InChI is InChI=1S/C11H14ClN5OS/c1-4-17-10(18)15-16-11(17)19-9-7(6(2)3)8(12)13-5-14-9/h5-6H,4H2,1-3H3,(H,15,18). The van der Waals surface area contributed by atoms with E-state index >= 15 is 0 Å². The third kappa shape index (κ3) is 2.82. The van der Waals surface area contributed by atoms with Gasteiger partial charge in [0.25, 0.3) is 0 Å². The molecule has 2 aromatic heterocycles. The first-order valence-corrected chi connectivity index (χ1v) is 7.07. The van der Waals surface area contributed by atoms with Crippen LogP contribution < -0.4 is 5.69 Å². The lowest BCUT2D eigenvalue weighted by molar-refractivity contribution is 0.659. The van der Waals surface area contributed by atoms with E-state index in [4.69, 9.17) is 11.6 Å². The van der Waals surface area contributed by atoms with Gasteiger partial charge in [0, 0.05) is 12.1 Å². The number of aromatic nitrogens is 5. The molecule has 1 N–H and O–H groups in total. The van der Waals surface area contributed by atoms with Gasteiger partial charge in [0.2, 0.25) is 0 Å². The Hall–Kier alpha value is -1.34.